The fourth-order valence-corrected chi connectivity index (χ4v) is 2.36. The number of amides is 2. The van der Waals surface area contributed by atoms with E-state index in [1.165, 1.54) is 18.3 Å². The number of hydrogen-bond acceptors (Lipinski definition) is 5. The smallest absolute Gasteiger partial charge is 0.274 e. The van der Waals surface area contributed by atoms with E-state index in [1.807, 2.05) is 6.92 Å². The zero-order chi connectivity index (χ0) is 18.7. The van der Waals surface area contributed by atoms with Crippen molar-refractivity contribution in [2.24, 2.45) is 0 Å². The Hall–Kier alpha value is -3.19. The average Bonchev–Trinajstić information content (AvgIpc) is 3.03. The van der Waals surface area contributed by atoms with Crippen molar-refractivity contribution in [2.75, 3.05) is 10.6 Å². The molecule has 0 fully saturated rings. The molecule has 2 heterocycles. The van der Waals surface area contributed by atoms with Crippen molar-refractivity contribution >= 4 is 34.9 Å². The van der Waals surface area contributed by atoms with Crippen molar-refractivity contribution in [1.82, 2.24) is 10.1 Å². The van der Waals surface area contributed by atoms with E-state index in [4.69, 9.17) is 16.1 Å². The highest BCUT2D eigenvalue weighted by atomic mass is 35.5. The Morgan fingerprint density at radius 1 is 1.04 bits per heavy atom. The molecule has 0 aliphatic heterocycles. The average molecular weight is 371 g/mol. The van der Waals surface area contributed by atoms with Gasteiger partial charge in [0, 0.05) is 28.5 Å². The number of benzene rings is 1. The van der Waals surface area contributed by atoms with Gasteiger partial charge in [0.1, 0.15) is 11.5 Å². The fourth-order valence-electron chi connectivity index (χ4n) is 2.18. The number of halogens is 1. The summed E-state index contributed by atoms with van der Waals surface area (Å²) in [4.78, 5) is 28.6. The number of nitrogens with zero attached hydrogens (tertiary/aromatic N) is 2. The molecule has 0 saturated heterocycles. The van der Waals surface area contributed by atoms with Gasteiger partial charge in [-0.3, -0.25) is 14.6 Å². The van der Waals surface area contributed by atoms with Gasteiger partial charge in [-0.2, -0.15) is 0 Å². The van der Waals surface area contributed by atoms with Gasteiger partial charge in [0.2, 0.25) is 0 Å². The first-order valence-corrected chi connectivity index (χ1v) is 8.08. The molecule has 1 aromatic carbocycles. The maximum absolute atomic E-state index is 12.4. The second-order valence-corrected chi connectivity index (χ2v) is 6.03. The number of nitrogens with one attached hydrogen (secondary N) is 2. The highest BCUT2D eigenvalue weighted by Crippen LogP contribution is 2.20. The first kappa shape index (κ1) is 17.6. The summed E-state index contributed by atoms with van der Waals surface area (Å²) in [5.74, 6) is 0.00134. The molecule has 0 aliphatic carbocycles. The Labute approximate surface area is 154 Å². The predicted octanol–water partition coefficient (Wildman–Crippen LogP) is 3.84. The minimum Gasteiger partial charge on any atom is -0.360 e. The van der Waals surface area contributed by atoms with Crippen molar-refractivity contribution in [1.29, 1.82) is 0 Å². The highest BCUT2D eigenvalue weighted by molar-refractivity contribution is 6.31. The van der Waals surface area contributed by atoms with Crippen LogP contribution in [-0.4, -0.2) is 22.0 Å². The van der Waals surface area contributed by atoms with E-state index >= 15 is 0 Å². The van der Waals surface area contributed by atoms with Crippen LogP contribution in [0.15, 0.2) is 47.1 Å². The highest BCUT2D eigenvalue weighted by Gasteiger charge is 2.14. The first-order valence-electron chi connectivity index (χ1n) is 7.70. The molecule has 0 aliphatic rings. The fraction of sp³-hybridized carbons (Fsp3) is 0.111. The lowest BCUT2D eigenvalue weighted by Gasteiger charge is -2.07. The second kappa shape index (κ2) is 7.37. The number of rotatable bonds is 4. The van der Waals surface area contributed by atoms with E-state index in [1.54, 1.807) is 31.2 Å². The molecule has 2 aromatic heterocycles. The van der Waals surface area contributed by atoms with Gasteiger partial charge in [0.05, 0.1) is 0 Å². The van der Waals surface area contributed by atoms with Crippen LogP contribution in [0, 0.1) is 13.8 Å². The van der Waals surface area contributed by atoms with Crippen molar-refractivity contribution in [2.45, 2.75) is 13.8 Å². The van der Waals surface area contributed by atoms with Crippen LogP contribution < -0.4 is 10.6 Å². The normalized spacial score (nSPS) is 10.4. The van der Waals surface area contributed by atoms with E-state index in [0.29, 0.717) is 22.3 Å². The third-order valence-electron chi connectivity index (χ3n) is 3.55. The molecule has 7 nitrogen and oxygen atoms in total. The van der Waals surface area contributed by atoms with Crippen molar-refractivity contribution < 1.29 is 14.1 Å². The van der Waals surface area contributed by atoms with Gasteiger partial charge in [-0.1, -0.05) is 22.8 Å². The van der Waals surface area contributed by atoms with Gasteiger partial charge in [0.15, 0.2) is 5.82 Å². The Kier molecular flexibility index (Phi) is 4.99. The standard InChI is InChI=1S/C18H15ClN4O3/c1-10-3-4-13(9-14(10)19)21-18(25)15-8-12(5-6-20-15)17(24)22-16-7-11(2)26-23-16/h3-9H,1-2H3,(H,21,25)(H,22,23,24). The lowest BCUT2D eigenvalue weighted by Crippen LogP contribution is -2.17. The summed E-state index contributed by atoms with van der Waals surface area (Å²) in [5, 5.41) is 9.53. The first-order chi connectivity index (χ1) is 12.4. The summed E-state index contributed by atoms with van der Waals surface area (Å²) in [6.07, 6.45) is 1.39. The van der Waals surface area contributed by atoms with E-state index in [2.05, 4.69) is 20.8 Å². The molecule has 0 saturated carbocycles. The molecule has 0 bridgehead atoms. The zero-order valence-corrected chi connectivity index (χ0v) is 14.8. The summed E-state index contributed by atoms with van der Waals surface area (Å²) in [5.41, 5.74) is 1.82. The molecule has 3 aromatic rings. The zero-order valence-electron chi connectivity index (χ0n) is 14.0. The maximum atomic E-state index is 12.4. The quantitative estimate of drug-likeness (QED) is 0.727. The van der Waals surface area contributed by atoms with Crippen LogP contribution in [0.4, 0.5) is 11.5 Å². The van der Waals surface area contributed by atoms with Crippen LogP contribution in [0.3, 0.4) is 0 Å². The van der Waals surface area contributed by atoms with Gasteiger partial charge in [-0.15, -0.1) is 0 Å². The molecule has 0 atom stereocenters. The lowest BCUT2D eigenvalue weighted by atomic mass is 10.2. The summed E-state index contributed by atoms with van der Waals surface area (Å²) < 4.78 is 4.90. The molecule has 0 spiro atoms. The van der Waals surface area contributed by atoms with E-state index in [0.717, 1.165) is 5.56 Å². The summed E-state index contributed by atoms with van der Waals surface area (Å²) in [6.45, 7) is 3.59. The van der Waals surface area contributed by atoms with E-state index in [-0.39, 0.29) is 11.3 Å². The van der Waals surface area contributed by atoms with Crippen LogP contribution in [0.25, 0.3) is 0 Å². The molecular formula is C18H15ClN4O3. The number of aromatic nitrogens is 2. The Bertz CT molecular complexity index is 984. The third-order valence-corrected chi connectivity index (χ3v) is 3.96. The number of pyridine rings is 1. The summed E-state index contributed by atoms with van der Waals surface area (Å²) >= 11 is 6.06. The molecule has 132 valence electrons. The monoisotopic (exact) mass is 370 g/mol. The number of anilines is 2. The topological polar surface area (TPSA) is 97.1 Å². The van der Waals surface area contributed by atoms with E-state index < -0.39 is 11.8 Å². The molecule has 26 heavy (non-hydrogen) atoms. The Balaban J connectivity index is 1.74. The minimum atomic E-state index is -0.447. The predicted molar refractivity (Wildman–Crippen MR) is 97.6 cm³/mol. The molecule has 8 heteroatoms. The molecule has 0 unspecified atom stereocenters. The molecule has 2 amide bonds. The van der Waals surface area contributed by atoms with Crippen LogP contribution >= 0.6 is 11.6 Å². The maximum Gasteiger partial charge on any atom is 0.274 e. The lowest BCUT2D eigenvalue weighted by molar-refractivity contribution is 0.102. The number of hydrogen-bond donors (Lipinski definition) is 2. The second-order valence-electron chi connectivity index (χ2n) is 5.62. The van der Waals surface area contributed by atoms with Gasteiger partial charge >= 0.3 is 0 Å². The Morgan fingerprint density at radius 3 is 2.54 bits per heavy atom. The van der Waals surface area contributed by atoms with Crippen LogP contribution in [0.2, 0.25) is 5.02 Å². The van der Waals surface area contributed by atoms with Gasteiger partial charge in [-0.25, -0.2) is 0 Å². The van der Waals surface area contributed by atoms with Crippen LogP contribution in [0.5, 0.6) is 0 Å². The minimum absolute atomic E-state index is 0.102. The number of carbonyl (C=O) groups is 2. The van der Waals surface area contributed by atoms with Crippen molar-refractivity contribution in [3.63, 3.8) is 0 Å². The molecule has 0 radical (unpaired) electrons. The van der Waals surface area contributed by atoms with Gasteiger partial charge in [0.25, 0.3) is 11.8 Å². The van der Waals surface area contributed by atoms with Crippen molar-refractivity contribution in [3.05, 3.63) is 70.2 Å². The Morgan fingerprint density at radius 2 is 1.85 bits per heavy atom. The van der Waals surface area contributed by atoms with Crippen molar-refractivity contribution in [3.8, 4) is 0 Å². The SMILES string of the molecule is Cc1cc(NC(=O)c2ccnc(C(=O)Nc3ccc(C)c(Cl)c3)c2)no1. The molecule has 2 N–H and O–H groups in total. The largest absolute Gasteiger partial charge is 0.360 e. The number of aryl methyl sites for hydroxylation is 2. The molecule has 3 rings (SSSR count). The van der Waals surface area contributed by atoms with Gasteiger partial charge < -0.3 is 15.2 Å². The third kappa shape index (κ3) is 4.07. The van der Waals surface area contributed by atoms with Gasteiger partial charge in [-0.05, 0) is 43.7 Å². The van der Waals surface area contributed by atoms with Crippen LogP contribution in [-0.2, 0) is 0 Å². The summed E-state index contributed by atoms with van der Waals surface area (Å²) in [7, 11) is 0. The van der Waals surface area contributed by atoms with E-state index in [9.17, 15) is 9.59 Å². The van der Waals surface area contributed by atoms with Crippen LogP contribution in [0.1, 0.15) is 32.2 Å². The summed E-state index contributed by atoms with van der Waals surface area (Å²) in [6, 6.07) is 9.68. The molecular weight excluding hydrogens is 356 g/mol. The number of carbonyl (C=O) groups excluding carboxylic acids is 2.